The van der Waals surface area contributed by atoms with Crippen molar-refractivity contribution in [3.8, 4) is 0 Å². The van der Waals surface area contributed by atoms with Gasteiger partial charge in [-0.2, -0.15) is 0 Å². The van der Waals surface area contributed by atoms with E-state index in [1.807, 2.05) is 19.1 Å². The number of halogens is 1. The third kappa shape index (κ3) is 4.90. The molecule has 24 heavy (non-hydrogen) atoms. The van der Waals surface area contributed by atoms with Gasteiger partial charge < -0.3 is 5.32 Å². The molecule has 0 aromatic heterocycles. The Kier molecular flexibility index (Phi) is 6.15. The SMILES string of the molecule is CC[C@@H](C)NS(=O)(=O)c1ccc(C(=O)Nc2ccc(Br)cc2)cc1. The van der Waals surface area contributed by atoms with Crippen molar-refractivity contribution in [1.82, 2.24) is 4.72 Å². The Morgan fingerprint density at radius 2 is 1.67 bits per heavy atom. The fourth-order valence-electron chi connectivity index (χ4n) is 1.94. The summed E-state index contributed by atoms with van der Waals surface area (Å²) < 4.78 is 27.9. The molecule has 7 heteroatoms. The Labute approximate surface area is 150 Å². The van der Waals surface area contributed by atoms with E-state index < -0.39 is 10.0 Å². The molecule has 0 saturated heterocycles. The first-order valence-corrected chi connectivity index (χ1v) is 9.78. The van der Waals surface area contributed by atoms with E-state index in [0.717, 1.165) is 4.47 Å². The van der Waals surface area contributed by atoms with Gasteiger partial charge in [-0.1, -0.05) is 22.9 Å². The number of rotatable bonds is 6. The van der Waals surface area contributed by atoms with Crippen molar-refractivity contribution < 1.29 is 13.2 Å². The first-order valence-electron chi connectivity index (χ1n) is 7.51. The number of amides is 1. The third-order valence-electron chi connectivity index (χ3n) is 3.50. The molecule has 0 aliphatic rings. The summed E-state index contributed by atoms with van der Waals surface area (Å²) in [4.78, 5) is 12.3. The molecular weight excluding hydrogens is 392 g/mol. The van der Waals surface area contributed by atoms with Gasteiger partial charge in [-0.25, -0.2) is 13.1 Å². The number of anilines is 1. The summed E-state index contributed by atoms with van der Waals surface area (Å²) >= 11 is 3.33. The number of benzene rings is 2. The molecule has 0 fully saturated rings. The van der Waals surface area contributed by atoms with Crippen LogP contribution in [0.2, 0.25) is 0 Å². The molecule has 0 saturated carbocycles. The van der Waals surface area contributed by atoms with Crippen LogP contribution in [0, 0.1) is 0 Å². The van der Waals surface area contributed by atoms with Crippen molar-refractivity contribution in [3.63, 3.8) is 0 Å². The molecule has 2 aromatic carbocycles. The van der Waals surface area contributed by atoms with Crippen LogP contribution >= 0.6 is 15.9 Å². The summed E-state index contributed by atoms with van der Waals surface area (Å²) in [5, 5.41) is 2.76. The number of nitrogens with one attached hydrogen (secondary N) is 2. The van der Waals surface area contributed by atoms with Crippen LogP contribution in [0.15, 0.2) is 57.9 Å². The lowest BCUT2D eigenvalue weighted by Crippen LogP contribution is -2.32. The number of carbonyl (C=O) groups is 1. The minimum absolute atomic E-state index is 0.142. The van der Waals surface area contributed by atoms with Crippen molar-refractivity contribution in [2.45, 2.75) is 31.2 Å². The van der Waals surface area contributed by atoms with Gasteiger partial charge >= 0.3 is 0 Å². The fourth-order valence-corrected chi connectivity index (χ4v) is 3.53. The molecule has 1 amide bonds. The number of carbonyl (C=O) groups excluding carboxylic acids is 1. The van der Waals surface area contributed by atoms with Crippen LogP contribution in [-0.4, -0.2) is 20.4 Å². The quantitative estimate of drug-likeness (QED) is 0.760. The molecule has 0 bridgehead atoms. The van der Waals surface area contributed by atoms with Crippen LogP contribution in [0.25, 0.3) is 0 Å². The maximum atomic E-state index is 12.2. The van der Waals surface area contributed by atoms with Crippen molar-refractivity contribution in [1.29, 1.82) is 0 Å². The Balaban J connectivity index is 2.11. The Bertz CT molecular complexity index is 803. The van der Waals surface area contributed by atoms with Gasteiger partial charge in [0.05, 0.1) is 4.90 Å². The smallest absolute Gasteiger partial charge is 0.255 e. The molecule has 0 heterocycles. The van der Waals surface area contributed by atoms with Gasteiger partial charge in [-0.05, 0) is 61.9 Å². The molecule has 0 aliphatic carbocycles. The van der Waals surface area contributed by atoms with Crippen LogP contribution in [0.3, 0.4) is 0 Å². The van der Waals surface area contributed by atoms with E-state index in [4.69, 9.17) is 0 Å². The molecule has 0 spiro atoms. The highest BCUT2D eigenvalue weighted by Crippen LogP contribution is 2.16. The van der Waals surface area contributed by atoms with Crippen molar-refractivity contribution in [2.75, 3.05) is 5.32 Å². The maximum absolute atomic E-state index is 12.2. The molecule has 2 N–H and O–H groups in total. The third-order valence-corrected chi connectivity index (χ3v) is 5.63. The lowest BCUT2D eigenvalue weighted by molar-refractivity contribution is 0.102. The monoisotopic (exact) mass is 410 g/mol. The summed E-state index contributed by atoms with van der Waals surface area (Å²) in [6, 6.07) is 12.9. The summed E-state index contributed by atoms with van der Waals surface area (Å²) in [6.45, 7) is 3.71. The van der Waals surface area contributed by atoms with Crippen LogP contribution in [0.4, 0.5) is 5.69 Å². The normalized spacial score (nSPS) is 12.6. The average Bonchev–Trinajstić information content (AvgIpc) is 2.56. The highest BCUT2D eigenvalue weighted by Gasteiger charge is 2.17. The van der Waals surface area contributed by atoms with Crippen LogP contribution in [0.1, 0.15) is 30.6 Å². The molecule has 0 unspecified atom stereocenters. The largest absolute Gasteiger partial charge is 0.322 e. The van der Waals surface area contributed by atoms with E-state index >= 15 is 0 Å². The van der Waals surface area contributed by atoms with E-state index in [0.29, 0.717) is 17.7 Å². The lowest BCUT2D eigenvalue weighted by atomic mass is 10.2. The number of hydrogen-bond acceptors (Lipinski definition) is 3. The molecule has 128 valence electrons. The summed E-state index contributed by atoms with van der Waals surface area (Å²) in [5.41, 5.74) is 1.05. The van der Waals surface area contributed by atoms with E-state index in [1.165, 1.54) is 24.3 Å². The van der Waals surface area contributed by atoms with Gasteiger partial charge in [0.1, 0.15) is 0 Å². The minimum Gasteiger partial charge on any atom is -0.322 e. The number of sulfonamides is 1. The Morgan fingerprint density at radius 1 is 1.08 bits per heavy atom. The maximum Gasteiger partial charge on any atom is 0.255 e. The first-order chi connectivity index (χ1) is 11.3. The zero-order chi connectivity index (χ0) is 17.7. The van der Waals surface area contributed by atoms with Gasteiger partial charge in [0, 0.05) is 21.8 Å². The van der Waals surface area contributed by atoms with Gasteiger partial charge in [-0.15, -0.1) is 0 Å². The molecule has 0 aliphatic heterocycles. The summed E-state index contributed by atoms with van der Waals surface area (Å²) in [6.07, 6.45) is 0.701. The molecule has 1 atom stereocenters. The Hall–Kier alpha value is -1.70. The second-order valence-corrected chi connectivity index (χ2v) is 8.05. The topological polar surface area (TPSA) is 75.3 Å². The summed E-state index contributed by atoms with van der Waals surface area (Å²) in [7, 11) is -3.56. The molecular formula is C17H19BrN2O3S. The van der Waals surface area contributed by atoms with Crippen molar-refractivity contribution >= 4 is 37.5 Å². The van der Waals surface area contributed by atoms with Crippen molar-refractivity contribution in [2.24, 2.45) is 0 Å². The predicted octanol–water partition coefficient (Wildman–Crippen LogP) is 3.78. The minimum atomic E-state index is -3.56. The van der Waals surface area contributed by atoms with Gasteiger partial charge in [0.25, 0.3) is 5.91 Å². The van der Waals surface area contributed by atoms with Gasteiger partial charge in [-0.3, -0.25) is 4.79 Å². The highest BCUT2D eigenvalue weighted by atomic mass is 79.9. The van der Waals surface area contributed by atoms with Crippen molar-refractivity contribution in [3.05, 3.63) is 58.6 Å². The van der Waals surface area contributed by atoms with Crippen LogP contribution < -0.4 is 10.0 Å². The van der Waals surface area contributed by atoms with E-state index in [1.54, 1.807) is 19.1 Å². The molecule has 0 radical (unpaired) electrons. The van der Waals surface area contributed by atoms with E-state index in [-0.39, 0.29) is 16.8 Å². The van der Waals surface area contributed by atoms with Gasteiger partial charge in [0.2, 0.25) is 10.0 Å². The first kappa shape index (κ1) is 18.6. The zero-order valence-corrected chi connectivity index (χ0v) is 15.8. The fraction of sp³-hybridized carbons (Fsp3) is 0.235. The molecule has 2 aromatic rings. The van der Waals surface area contributed by atoms with Crippen LogP contribution in [0.5, 0.6) is 0 Å². The Morgan fingerprint density at radius 3 is 2.21 bits per heavy atom. The standard InChI is InChI=1S/C17H19BrN2O3S/c1-3-12(2)20-24(22,23)16-10-4-13(5-11-16)17(21)19-15-8-6-14(18)7-9-15/h4-12,20H,3H2,1-2H3,(H,19,21)/t12-/m1/s1. The molecule has 2 rings (SSSR count). The van der Waals surface area contributed by atoms with E-state index in [9.17, 15) is 13.2 Å². The lowest BCUT2D eigenvalue weighted by Gasteiger charge is -2.12. The highest BCUT2D eigenvalue weighted by molar-refractivity contribution is 9.10. The summed E-state index contributed by atoms with van der Waals surface area (Å²) in [5.74, 6) is -0.295. The van der Waals surface area contributed by atoms with Crippen LogP contribution in [-0.2, 0) is 10.0 Å². The number of hydrogen-bond donors (Lipinski definition) is 2. The predicted molar refractivity (Wildman–Crippen MR) is 98.6 cm³/mol. The van der Waals surface area contributed by atoms with Gasteiger partial charge in [0.15, 0.2) is 0 Å². The molecule has 5 nitrogen and oxygen atoms in total. The second kappa shape index (κ2) is 7.92. The second-order valence-electron chi connectivity index (χ2n) is 5.42. The average molecular weight is 411 g/mol. The van der Waals surface area contributed by atoms with E-state index in [2.05, 4.69) is 26.0 Å². The zero-order valence-electron chi connectivity index (χ0n) is 13.4.